The zero-order valence-corrected chi connectivity index (χ0v) is 20.3. The topological polar surface area (TPSA) is 80.6 Å². The van der Waals surface area contributed by atoms with E-state index in [0.717, 1.165) is 35.2 Å². The van der Waals surface area contributed by atoms with Crippen LogP contribution in [0.4, 0.5) is 0 Å². The lowest BCUT2D eigenvalue weighted by Gasteiger charge is -2.17. The first-order chi connectivity index (χ1) is 16.1. The van der Waals surface area contributed by atoms with Gasteiger partial charge in [-0.3, -0.25) is 14.2 Å². The van der Waals surface area contributed by atoms with Gasteiger partial charge in [0.1, 0.15) is 15.4 Å². The Balaban J connectivity index is 1.48. The highest BCUT2D eigenvalue weighted by Crippen LogP contribution is 2.37. The summed E-state index contributed by atoms with van der Waals surface area (Å²) >= 11 is 4.46. The van der Waals surface area contributed by atoms with E-state index in [4.69, 9.17) is 4.98 Å². The molecular weight excluding hydrogens is 472 g/mol. The lowest BCUT2D eigenvalue weighted by atomic mass is 9.89. The van der Waals surface area contributed by atoms with E-state index < -0.39 is 0 Å². The normalized spacial score (nSPS) is 15.8. The fraction of sp³-hybridized carbons (Fsp3) is 0.250. The molecule has 0 spiro atoms. The fourth-order valence-corrected chi connectivity index (χ4v) is 7.43. The van der Waals surface area contributed by atoms with Crippen LogP contribution < -0.4 is 11.1 Å². The monoisotopic (exact) mass is 492 g/mol. The summed E-state index contributed by atoms with van der Waals surface area (Å²) in [6, 6.07) is 11.5. The molecule has 0 amide bonds. The van der Waals surface area contributed by atoms with Crippen molar-refractivity contribution in [3.8, 4) is 5.69 Å². The molecule has 6 nitrogen and oxygen atoms in total. The van der Waals surface area contributed by atoms with Gasteiger partial charge in [-0.1, -0.05) is 36.9 Å². The molecule has 1 atom stereocenters. The SMILES string of the molecule is CC1CCc2c(sc3nc(SCc4nc5ccsc5c(=O)[nH]4)n(-c4ccccc4)c(=O)c23)C1. The van der Waals surface area contributed by atoms with Crippen molar-refractivity contribution in [1.29, 1.82) is 0 Å². The molecule has 5 aromatic rings. The molecule has 4 aromatic heterocycles. The van der Waals surface area contributed by atoms with Crippen LogP contribution in [-0.2, 0) is 18.6 Å². The van der Waals surface area contributed by atoms with Gasteiger partial charge in [-0.25, -0.2) is 9.97 Å². The van der Waals surface area contributed by atoms with Crippen LogP contribution in [0, 0.1) is 5.92 Å². The maximum absolute atomic E-state index is 13.8. The molecule has 0 radical (unpaired) electrons. The van der Waals surface area contributed by atoms with Crippen LogP contribution in [0.5, 0.6) is 0 Å². The predicted octanol–water partition coefficient (Wildman–Crippen LogP) is 5.16. The van der Waals surface area contributed by atoms with Crippen molar-refractivity contribution in [2.75, 3.05) is 0 Å². The number of thioether (sulfide) groups is 1. The van der Waals surface area contributed by atoms with Crippen molar-refractivity contribution in [2.45, 2.75) is 37.1 Å². The second-order valence-electron chi connectivity index (χ2n) is 8.34. The number of thiophene rings is 2. The van der Waals surface area contributed by atoms with Crippen LogP contribution in [-0.4, -0.2) is 19.5 Å². The number of fused-ring (bicyclic) bond motifs is 4. The first kappa shape index (κ1) is 20.8. The molecule has 33 heavy (non-hydrogen) atoms. The third-order valence-corrected chi connectivity index (χ3v) is 9.02. The Kier molecular flexibility index (Phi) is 5.20. The number of hydrogen-bond donors (Lipinski definition) is 1. The number of aryl methyl sites for hydroxylation is 1. The molecule has 1 unspecified atom stereocenters. The molecule has 6 rings (SSSR count). The molecule has 0 saturated carbocycles. The van der Waals surface area contributed by atoms with Crippen LogP contribution in [0.3, 0.4) is 0 Å². The van der Waals surface area contributed by atoms with Gasteiger partial charge in [-0.2, -0.15) is 0 Å². The fourth-order valence-electron chi connectivity index (χ4n) is 4.40. The van der Waals surface area contributed by atoms with Crippen molar-refractivity contribution < 1.29 is 0 Å². The van der Waals surface area contributed by atoms with Gasteiger partial charge in [0.15, 0.2) is 5.16 Å². The smallest absolute Gasteiger partial charge is 0.268 e. The summed E-state index contributed by atoms with van der Waals surface area (Å²) in [5, 5.41) is 3.24. The molecule has 0 bridgehead atoms. The van der Waals surface area contributed by atoms with Crippen LogP contribution in [0.1, 0.15) is 29.6 Å². The first-order valence-corrected chi connectivity index (χ1v) is 13.5. The van der Waals surface area contributed by atoms with Gasteiger partial charge in [0.05, 0.1) is 22.3 Å². The lowest BCUT2D eigenvalue weighted by Crippen LogP contribution is -2.22. The number of nitrogens with one attached hydrogen (secondary N) is 1. The maximum atomic E-state index is 13.8. The van der Waals surface area contributed by atoms with Gasteiger partial charge < -0.3 is 4.98 Å². The third kappa shape index (κ3) is 3.64. The van der Waals surface area contributed by atoms with E-state index in [1.807, 2.05) is 41.8 Å². The number of aromatic amines is 1. The minimum atomic E-state index is -0.130. The van der Waals surface area contributed by atoms with Crippen LogP contribution in [0.2, 0.25) is 0 Å². The Labute approximate surface area is 201 Å². The minimum Gasteiger partial charge on any atom is -0.309 e. The van der Waals surface area contributed by atoms with E-state index in [2.05, 4.69) is 16.9 Å². The molecule has 0 fully saturated rings. The van der Waals surface area contributed by atoms with Crippen molar-refractivity contribution >= 4 is 54.9 Å². The van der Waals surface area contributed by atoms with Gasteiger partial charge in [0.2, 0.25) is 0 Å². The number of rotatable bonds is 4. The van der Waals surface area contributed by atoms with Crippen molar-refractivity contribution in [2.24, 2.45) is 5.92 Å². The van der Waals surface area contributed by atoms with E-state index in [-0.39, 0.29) is 11.1 Å². The Bertz CT molecular complexity index is 1610. The minimum absolute atomic E-state index is 0.0181. The summed E-state index contributed by atoms with van der Waals surface area (Å²) < 4.78 is 2.34. The molecule has 4 heterocycles. The molecule has 166 valence electrons. The Morgan fingerprint density at radius 3 is 2.88 bits per heavy atom. The molecule has 9 heteroatoms. The third-order valence-electron chi connectivity index (χ3n) is 6.01. The highest BCUT2D eigenvalue weighted by atomic mass is 32.2. The average molecular weight is 493 g/mol. The van der Waals surface area contributed by atoms with Crippen molar-refractivity contribution in [3.05, 3.63) is 78.8 Å². The van der Waals surface area contributed by atoms with E-state index >= 15 is 0 Å². The standard InChI is InChI=1S/C24H20N4O2S3/c1-13-7-8-15-17(11-13)33-22-19(15)23(30)28(14-5-3-2-4-6-14)24(27-22)32-12-18-25-16-9-10-31-20(16)21(29)26-18/h2-6,9-10,13H,7-8,11-12H2,1H3,(H,25,26,29). The van der Waals surface area contributed by atoms with E-state index in [9.17, 15) is 9.59 Å². The van der Waals surface area contributed by atoms with Gasteiger partial charge in [0, 0.05) is 4.88 Å². The summed E-state index contributed by atoms with van der Waals surface area (Å²) in [5.41, 5.74) is 2.52. The number of hydrogen-bond acceptors (Lipinski definition) is 7. The van der Waals surface area contributed by atoms with Gasteiger partial charge in [-0.15, -0.1) is 22.7 Å². The van der Waals surface area contributed by atoms with E-state index in [0.29, 0.717) is 32.9 Å². The molecule has 0 aliphatic heterocycles. The lowest BCUT2D eigenvalue weighted by molar-refractivity contribution is 0.509. The van der Waals surface area contributed by atoms with Crippen LogP contribution >= 0.6 is 34.4 Å². The highest BCUT2D eigenvalue weighted by molar-refractivity contribution is 7.98. The number of benzene rings is 1. The Morgan fingerprint density at radius 2 is 2.03 bits per heavy atom. The van der Waals surface area contributed by atoms with Crippen molar-refractivity contribution in [1.82, 2.24) is 19.5 Å². The highest BCUT2D eigenvalue weighted by Gasteiger charge is 2.25. The van der Waals surface area contributed by atoms with Crippen LogP contribution in [0.15, 0.2) is 56.5 Å². The summed E-state index contributed by atoms with van der Waals surface area (Å²) in [5.74, 6) is 1.61. The maximum Gasteiger partial charge on any atom is 0.268 e. The molecule has 1 aliphatic rings. The summed E-state index contributed by atoms with van der Waals surface area (Å²) in [6.45, 7) is 2.27. The largest absolute Gasteiger partial charge is 0.309 e. The molecule has 1 aromatic carbocycles. The zero-order chi connectivity index (χ0) is 22.5. The molecule has 1 aliphatic carbocycles. The van der Waals surface area contributed by atoms with Gasteiger partial charge >= 0.3 is 0 Å². The molecular formula is C24H20N4O2S3. The van der Waals surface area contributed by atoms with E-state index in [1.54, 1.807) is 15.9 Å². The predicted molar refractivity (Wildman–Crippen MR) is 136 cm³/mol. The summed E-state index contributed by atoms with van der Waals surface area (Å²) in [7, 11) is 0. The Hall–Kier alpha value is -2.75. The number of nitrogens with zero attached hydrogens (tertiary/aromatic N) is 3. The number of para-hydroxylation sites is 1. The molecule has 1 N–H and O–H groups in total. The summed E-state index contributed by atoms with van der Waals surface area (Å²) in [6.07, 6.45) is 3.04. The summed E-state index contributed by atoms with van der Waals surface area (Å²) in [4.78, 5) is 40.7. The Morgan fingerprint density at radius 1 is 1.18 bits per heavy atom. The second kappa shape index (κ2) is 8.23. The molecule has 0 saturated heterocycles. The quantitative estimate of drug-likeness (QED) is 0.277. The van der Waals surface area contributed by atoms with Gasteiger partial charge in [0.25, 0.3) is 11.1 Å². The van der Waals surface area contributed by atoms with Crippen LogP contribution in [0.25, 0.3) is 26.1 Å². The van der Waals surface area contributed by atoms with Gasteiger partial charge in [-0.05, 0) is 54.3 Å². The average Bonchev–Trinajstić information content (AvgIpc) is 3.42. The zero-order valence-electron chi connectivity index (χ0n) is 17.8. The van der Waals surface area contributed by atoms with E-state index in [1.165, 1.54) is 33.5 Å². The number of H-pyrrole nitrogens is 1. The number of aromatic nitrogens is 4. The second-order valence-corrected chi connectivity index (χ2v) is 11.3. The first-order valence-electron chi connectivity index (χ1n) is 10.8. The van der Waals surface area contributed by atoms with Crippen molar-refractivity contribution in [3.63, 3.8) is 0 Å².